The number of hydrogen-bond donors (Lipinski definition) is 0. The number of methoxy groups -OCH3 is 1. The number of aromatic nitrogens is 2. The van der Waals surface area contributed by atoms with E-state index in [4.69, 9.17) is 9.47 Å². The van der Waals surface area contributed by atoms with Crippen LogP contribution in [-0.2, 0) is 4.74 Å². The van der Waals surface area contributed by atoms with Crippen molar-refractivity contribution < 1.29 is 27.4 Å². The standard InChI is InChI=1S/C18H20F3N3O3/c1-17(2,3)27-16(25)24(11-18(19,20)21)14-10-22-9-7-12(14)13-6-5-8-23-15(13)26-4/h5-10H,11H2,1-4H3. The van der Waals surface area contributed by atoms with Crippen molar-refractivity contribution in [1.29, 1.82) is 0 Å². The minimum absolute atomic E-state index is 0.0598. The summed E-state index contributed by atoms with van der Waals surface area (Å²) >= 11 is 0. The molecule has 2 aromatic rings. The molecule has 0 N–H and O–H groups in total. The first-order valence-corrected chi connectivity index (χ1v) is 8.02. The molecule has 0 aliphatic carbocycles. The Morgan fingerprint density at radius 3 is 2.44 bits per heavy atom. The normalized spacial score (nSPS) is 11.8. The first-order valence-electron chi connectivity index (χ1n) is 8.02. The minimum Gasteiger partial charge on any atom is -0.481 e. The number of nitrogens with zero attached hydrogens (tertiary/aromatic N) is 3. The quantitative estimate of drug-likeness (QED) is 0.780. The fourth-order valence-electron chi connectivity index (χ4n) is 2.33. The molecule has 1 amide bonds. The molecular weight excluding hydrogens is 363 g/mol. The number of alkyl halides is 3. The third-order valence-electron chi connectivity index (χ3n) is 3.30. The van der Waals surface area contributed by atoms with Gasteiger partial charge in [0, 0.05) is 23.5 Å². The maximum Gasteiger partial charge on any atom is 0.415 e. The Hall–Kier alpha value is -2.84. The highest BCUT2D eigenvalue weighted by Crippen LogP contribution is 2.36. The lowest BCUT2D eigenvalue weighted by Crippen LogP contribution is -2.42. The van der Waals surface area contributed by atoms with E-state index in [0.717, 1.165) is 0 Å². The summed E-state index contributed by atoms with van der Waals surface area (Å²) in [5.41, 5.74) is -0.288. The van der Waals surface area contributed by atoms with Crippen molar-refractivity contribution in [2.45, 2.75) is 32.5 Å². The van der Waals surface area contributed by atoms with Gasteiger partial charge in [0.25, 0.3) is 0 Å². The van der Waals surface area contributed by atoms with E-state index in [-0.39, 0.29) is 11.6 Å². The zero-order valence-corrected chi connectivity index (χ0v) is 15.4. The van der Waals surface area contributed by atoms with Crippen LogP contribution in [0.1, 0.15) is 20.8 Å². The molecular formula is C18H20F3N3O3. The minimum atomic E-state index is -4.64. The number of halogens is 3. The summed E-state index contributed by atoms with van der Waals surface area (Å²) in [6, 6.07) is 4.73. The van der Waals surface area contributed by atoms with Crippen LogP contribution in [0.2, 0.25) is 0 Å². The van der Waals surface area contributed by atoms with Gasteiger partial charge in [0.05, 0.1) is 19.0 Å². The zero-order valence-electron chi connectivity index (χ0n) is 15.4. The highest BCUT2D eigenvalue weighted by molar-refractivity contribution is 5.94. The van der Waals surface area contributed by atoms with Crippen LogP contribution < -0.4 is 9.64 Å². The van der Waals surface area contributed by atoms with Gasteiger partial charge in [0.2, 0.25) is 5.88 Å². The molecule has 9 heteroatoms. The molecule has 2 heterocycles. The van der Waals surface area contributed by atoms with Crippen LogP contribution in [0.4, 0.5) is 23.7 Å². The molecule has 2 aromatic heterocycles. The Labute approximate surface area is 154 Å². The van der Waals surface area contributed by atoms with Crippen LogP contribution >= 0.6 is 0 Å². The summed E-state index contributed by atoms with van der Waals surface area (Å²) in [6.07, 6.45) is -1.69. The SMILES string of the molecule is COc1ncccc1-c1ccncc1N(CC(F)(F)F)C(=O)OC(C)(C)C. The molecule has 0 radical (unpaired) electrons. The summed E-state index contributed by atoms with van der Waals surface area (Å²) in [5, 5.41) is 0. The Kier molecular flexibility index (Phi) is 5.92. The number of carbonyl (C=O) groups excluding carboxylic acids is 1. The Balaban J connectivity index is 2.58. The summed E-state index contributed by atoms with van der Waals surface area (Å²) < 4.78 is 49.8. The van der Waals surface area contributed by atoms with Crippen LogP contribution in [0.15, 0.2) is 36.8 Å². The van der Waals surface area contributed by atoms with Gasteiger partial charge in [-0.2, -0.15) is 13.2 Å². The van der Waals surface area contributed by atoms with Crippen LogP contribution in [0.25, 0.3) is 11.1 Å². The molecule has 0 aromatic carbocycles. The maximum atomic E-state index is 13.2. The molecule has 0 aliphatic rings. The first-order chi connectivity index (χ1) is 12.5. The fraction of sp³-hybridized carbons (Fsp3) is 0.389. The second kappa shape index (κ2) is 7.81. The van der Waals surface area contributed by atoms with E-state index in [1.165, 1.54) is 31.8 Å². The van der Waals surface area contributed by atoms with Crippen molar-refractivity contribution >= 4 is 11.8 Å². The van der Waals surface area contributed by atoms with Gasteiger partial charge in [-0.3, -0.25) is 9.88 Å². The molecule has 146 valence electrons. The van der Waals surface area contributed by atoms with Crippen LogP contribution in [0.3, 0.4) is 0 Å². The Bertz CT molecular complexity index is 804. The number of hydrogen-bond acceptors (Lipinski definition) is 5. The second-order valence-corrected chi connectivity index (χ2v) is 6.63. The summed E-state index contributed by atoms with van der Waals surface area (Å²) in [5.74, 6) is 0.209. The third kappa shape index (κ3) is 5.57. The van der Waals surface area contributed by atoms with E-state index >= 15 is 0 Å². The number of ether oxygens (including phenoxy) is 2. The lowest BCUT2D eigenvalue weighted by molar-refractivity contribution is -0.119. The molecule has 0 unspecified atom stereocenters. The van der Waals surface area contributed by atoms with Gasteiger partial charge in [0.15, 0.2) is 0 Å². The highest BCUT2D eigenvalue weighted by atomic mass is 19.4. The fourth-order valence-corrected chi connectivity index (χ4v) is 2.33. The van der Waals surface area contributed by atoms with E-state index in [1.54, 1.807) is 32.9 Å². The molecule has 27 heavy (non-hydrogen) atoms. The van der Waals surface area contributed by atoms with Crippen molar-refractivity contribution in [1.82, 2.24) is 9.97 Å². The van der Waals surface area contributed by atoms with Crippen LogP contribution in [0, 0.1) is 0 Å². The van der Waals surface area contributed by atoms with Crippen molar-refractivity contribution in [3.63, 3.8) is 0 Å². The van der Waals surface area contributed by atoms with Gasteiger partial charge in [-0.1, -0.05) is 0 Å². The largest absolute Gasteiger partial charge is 0.481 e. The van der Waals surface area contributed by atoms with Crippen LogP contribution in [-0.4, -0.2) is 41.5 Å². The van der Waals surface area contributed by atoms with Gasteiger partial charge in [-0.25, -0.2) is 9.78 Å². The average Bonchev–Trinajstić information content (AvgIpc) is 2.57. The van der Waals surface area contributed by atoms with Crippen molar-refractivity contribution in [2.75, 3.05) is 18.6 Å². The summed E-state index contributed by atoms with van der Waals surface area (Å²) in [7, 11) is 1.40. The molecule has 0 saturated carbocycles. The summed E-state index contributed by atoms with van der Waals surface area (Å²) in [6.45, 7) is 3.20. The van der Waals surface area contributed by atoms with Gasteiger partial charge in [0.1, 0.15) is 12.1 Å². The first kappa shape index (κ1) is 20.5. The predicted molar refractivity (Wildman–Crippen MR) is 93.7 cm³/mol. The number of anilines is 1. The van der Waals surface area contributed by atoms with E-state index in [9.17, 15) is 18.0 Å². The smallest absolute Gasteiger partial charge is 0.415 e. The third-order valence-corrected chi connectivity index (χ3v) is 3.30. The molecule has 0 bridgehead atoms. The molecule has 2 rings (SSSR count). The molecule has 0 fully saturated rings. The van der Waals surface area contributed by atoms with E-state index in [2.05, 4.69) is 9.97 Å². The topological polar surface area (TPSA) is 64.6 Å². The molecule has 6 nitrogen and oxygen atoms in total. The van der Waals surface area contributed by atoms with E-state index in [0.29, 0.717) is 16.0 Å². The van der Waals surface area contributed by atoms with Crippen molar-refractivity contribution in [2.24, 2.45) is 0 Å². The number of pyridine rings is 2. The lowest BCUT2D eigenvalue weighted by atomic mass is 10.1. The number of carbonyl (C=O) groups is 1. The molecule has 0 saturated heterocycles. The average molecular weight is 383 g/mol. The zero-order chi connectivity index (χ0) is 20.2. The van der Waals surface area contributed by atoms with Crippen LogP contribution in [0.5, 0.6) is 5.88 Å². The van der Waals surface area contributed by atoms with Gasteiger partial charge in [-0.15, -0.1) is 0 Å². The van der Waals surface area contributed by atoms with Gasteiger partial charge < -0.3 is 9.47 Å². The Morgan fingerprint density at radius 2 is 1.85 bits per heavy atom. The monoisotopic (exact) mass is 383 g/mol. The number of rotatable bonds is 4. The predicted octanol–water partition coefficient (Wildman–Crippen LogP) is 4.46. The van der Waals surface area contributed by atoms with E-state index < -0.39 is 24.4 Å². The second-order valence-electron chi connectivity index (χ2n) is 6.63. The molecule has 0 aliphatic heterocycles. The maximum absolute atomic E-state index is 13.2. The lowest BCUT2D eigenvalue weighted by Gasteiger charge is -2.29. The van der Waals surface area contributed by atoms with E-state index in [1.807, 2.05) is 0 Å². The highest BCUT2D eigenvalue weighted by Gasteiger charge is 2.37. The van der Waals surface area contributed by atoms with Crippen molar-refractivity contribution in [3.05, 3.63) is 36.8 Å². The number of amides is 1. The van der Waals surface area contributed by atoms with Gasteiger partial charge in [-0.05, 0) is 39.0 Å². The molecule has 0 spiro atoms. The summed E-state index contributed by atoms with van der Waals surface area (Å²) in [4.78, 5) is 20.9. The van der Waals surface area contributed by atoms with Gasteiger partial charge >= 0.3 is 12.3 Å². The Morgan fingerprint density at radius 1 is 1.15 bits per heavy atom. The van der Waals surface area contributed by atoms with Crippen molar-refractivity contribution in [3.8, 4) is 17.0 Å². The molecule has 0 atom stereocenters.